The van der Waals surface area contributed by atoms with Gasteiger partial charge >= 0.3 is 0 Å². The predicted molar refractivity (Wildman–Crippen MR) is 115 cm³/mol. The molecule has 0 radical (unpaired) electrons. The molecule has 0 aliphatic heterocycles. The highest BCUT2D eigenvalue weighted by Crippen LogP contribution is 2.28. The van der Waals surface area contributed by atoms with Crippen LogP contribution in [-0.4, -0.2) is 12.0 Å². The van der Waals surface area contributed by atoms with Gasteiger partial charge in [0, 0.05) is 5.02 Å². The third-order valence-corrected chi connectivity index (χ3v) is 6.19. The Kier molecular flexibility index (Phi) is 6.66. The van der Waals surface area contributed by atoms with E-state index in [0.717, 1.165) is 29.0 Å². The van der Waals surface area contributed by atoms with Crippen LogP contribution in [0.5, 0.6) is 5.75 Å². The third-order valence-electron chi connectivity index (χ3n) is 5.59. The average Bonchev–Trinajstić information content (AvgIpc) is 2.69. The lowest BCUT2D eigenvalue weighted by Gasteiger charge is -2.23. The maximum atomic E-state index is 12.8. The van der Waals surface area contributed by atoms with Gasteiger partial charge in [0.15, 0.2) is 6.10 Å². The lowest BCUT2D eigenvalue weighted by atomic mass is 9.89. The van der Waals surface area contributed by atoms with Crippen LogP contribution in [-0.2, 0) is 17.6 Å². The van der Waals surface area contributed by atoms with Crippen LogP contribution in [0.4, 0.5) is 0 Å². The predicted octanol–water partition coefficient (Wildman–Crippen LogP) is 5.87. The molecule has 1 amide bonds. The Morgan fingerprint density at radius 3 is 2.39 bits per heavy atom. The summed E-state index contributed by atoms with van der Waals surface area (Å²) < 4.78 is 5.89. The number of fused-ring (bicyclic) bond motifs is 1. The highest BCUT2D eigenvalue weighted by atomic mass is 35.5. The lowest BCUT2D eigenvalue weighted by molar-refractivity contribution is -0.128. The standard InChI is InChI=1S/C24H30ClNO2/c1-5-22(20-11-10-18-8-6-7-9-19(18)14-20)26-24(27)17(4)28-21-12-15(2)23(25)16(3)13-21/h10-14,17,22H,5-9H2,1-4H3,(H,26,27). The van der Waals surface area contributed by atoms with E-state index in [-0.39, 0.29) is 11.9 Å². The van der Waals surface area contributed by atoms with Crippen molar-refractivity contribution in [2.24, 2.45) is 0 Å². The number of ether oxygens (including phenoxy) is 1. The van der Waals surface area contributed by atoms with Crippen LogP contribution in [0.3, 0.4) is 0 Å². The number of benzene rings is 2. The molecule has 1 N–H and O–H groups in total. The topological polar surface area (TPSA) is 38.3 Å². The van der Waals surface area contributed by atoms with Gasteiger partial charge in [-0.15, -0.1) is 0 Å². The molecular formula is C24H30ClNO2. The molecule has 1 aliphatic rings. The number of hydrogen-bond donors (Lipinski definition) is 1. The Hall–Kier alpha value is -2.00. The Balaban J connectivity index is 1.68. The van der Waals surface area contributed by atoms with Gasteiger partial charge in [-0.1, -0.05) is 36.7 Å². The first kappa shape index (κ1) is 20.7. The minimum absolute atomic E-state index is 0.000494. The SMILES string of the molecule is CCC(NC(=O)C(C)Oc1cc(C)c(Cl)c(C)c1)c1ccc2c(c1)CCCC2. The Morgan fingerprint density at radius 1 is 1.11 bits per heavy atom. The Labute approximate surface area is 173 Å². The van der Waals surface area contributed by atoms with Gasteiger partial charge in [0.25, 0.3) is 5.91 Å². The summed E-state index contributed by atoms with van der Waals surface area (Å²) in [7, 11) is 0. The minimum atomic E-state index is -0.577. The van der Waals surface area contributed by atoms with Gasteiger partial charge in [-0.3, -0.25) is 4.79 Å². The molecule has 2 atom stereocenters. The molecule has 0 saturated carbocycles. The molecule has 0 fully saturated rings. The number of amides is 1. The van der Waals surface area contributed by atoms with E-state index in [1.54, 1.807) is 6.92 Å². The first-order valence-electron chi connectivity index (χ1n) is 10.2. The fraction of sp³-hybridized carbons (Fsp3) is 0.458. The number of carbonyl (C=O) groups is 1. The zero-order valence-corrected chi connectivity index (χ0v) is 18.0. The largest absolute Gasteiger partial charge is 0.481 e. The van der Waals surface area contributed by atoms with Crippen molar-refractivity contribution in [2.45, 2.75) is 71.9 Å². The van der Waals surface area contributed by atoms with Crippen molar-refractivity contribution in [3.05, 3.63) is 63.2 Å². The third kappa shape index (κ3) is 4.70. The number of aryl methyl sites for hydroxylation is 4. The van der Waals surface area contributed by atoms with Crippen molar-refractivity contribution < 1.29 is 9.53 Å². The van der Waals surface area contributed by atoms with Crippen molar-refractivity contribution in [1.29, 1.82) is 0 Å². The van der Waals surface area contributed by atoms with Gasteiger partial charge in [0.05, 0.1) is 6.04 Å². The molecule has 0 heterocycles. The second-order valence-corrected chi connectivity index (χ2v) is 8.21. The van der Waals surface area contributed by atoms with Crippen molar-refractivity contribution in [3.63, 3.8) is 0 Å². The average molecular weight is 400 g/mol. The number of rotatable bonds is 6. The van der Waals surface area contributed by atoms with Crippen LogP contribution in [0.15, 0.2) is 30.3 Å². The summed E-state index contributed by atoms with van der Waals surface area (Å²) in [6.07, 6.45) is 5.11. The van der Waals surface area contributed by atoms with Gasteiger partial charge in [-0.2, -0.15) is 0 Å². The molecule has 2 aromatic rings. The van der Waals surface area contributed by atoms with Crippen LogP contribution < -0.4 is 10.1 Å². The van der Waals surface area contributed by atoms with Gasteiger partial charge in [0.2, 0.25) is 0 Å². The molecule has 3 rings (SSSR count). The highest BCUT2D eigenvalue weighted by molar-refractivity contribution is 6.32. The first-order valence-corrected chi connectivity index (χ1v) is 10.6. The van der Waals surface area contributed by atoms with Gasteiger partial charge in [-0.05, 0) is 92.8 Å². The summed E-state index contributed by atoms with van der Waals surface area (Å²) in [4.78, 5) is 12.8. The van der Waals surface area contributed by atoms with Crippen molar-refractivity contribution in [1.82, 2.24) is 5.32 Å². The summed E-state index contributed by atoms with van der Waals surface area (Å²) in [5.41, 5.74) is 5.98. The monoisotopic (exact) mass is 399 g/mol. The summed E-state index contributed by atoms with van der Waals surface area (Å²) in [6, 6.07) is 10.4. The zero-order valence-electron chi connectivity index (χ0n) is 17.3. The maximum absolute atomic E-state index is 12.8. The fourth-order valence-corrected chi connectivity index (χ4v) is 4.02. The van der Waals surface area contributed by atoms with Gasteiger partial charge in [0.1, 0.15) is 5.75 Å². The summed E-state index contributed by atoms with van der Waals surface area (Å²) >= 11 is 6.22. The maximum Gasteiger partial charge on any atom is 0.261 e. The molecular weight excluding hydrogens is 370 g/mol. The zero-order chi connectivity index (χ0) is 20.3. The molecule has 0 saturated heterocycles. The van der Waals surface area contributed by atoms with Crippen molar-refractivity contribution in [3.8, 4) is 5.75 Å². The van der Waals surface area contributed by atoms with Crippen LogP contribution >= 0.6 is 11.6 Å². The summed E-state index contributed by atoms with van der Waals surface area (Å²) in [5, 5.41) is 3.90. The van der Waals surface area contributed by atoms with Crippen molar-refractivity contribution in [2.75, 3.05) is 0 Å². The first-order chi connectivity index (χ1) is 13.4. The number of carbonyl (C=O) groups excluding carboxylic acids is 1. The molecule has 150 valence electrons. The molecule has 0 bridgehead atoms. The number of nitrogens with one attached hydrogen (secondary N) is 1. The lowest BCUT2D eigenvalue weighted by Crippen LogP contribution is -2.38. The van der Waals surface area contributed by atoms with E-state index in [4.69, 9.17) is 16.3 Å². The number of hydrogen-bond acceptors (Lipinski definition) is 2. The highest BCUT2D eigenvalue weighted by Gasteiger charge is 2.21. The molecule has 0 aromatic heterocycles. The van der Waals surface area contributed by atoms with E-state index in [0.29, 0.717) is 5.75 Å². The summed E-state index contributed by atoms with van der Waals surface area (Å²) in [6.45, 7) is 7.77. The molecule has 2 aromatic carbocycles. The normalized spacial score (nSPS) is 15.5. The smallest absolute Gasteiger partial charge is 0.261 e. The van der Waals surface area contributed by atoms with E-state index < -0.39 is 6.10 Å². The second-order valence-electron chi connectivity index (χ2n) is 7.84. The quantitative estimate of drug-likeness (QED) is 0.659. The van der Waals surface area contributed by atoms with Crippen LogP contribution in [0.25, 0.3) is 0 Å². The van der Waals surface area contributed by atoms with Gasteiger partial charge < -0.3 is 10.1 Å². The van der Waals surface area contributed by atoms with Gasteiger partial charge in [-0.25, -0.2) is 0 Å². The van der Waals surface area contributed by atoms with E-state index in [1.807, 2.05) is 26.0 Å². The number of halogens is 1. The summed E-state index contributed by atoms with van der Waals surface area (Å²) in [5.74, 6) is 0.568. The molecule has 28 heavy (non-hydrogen) atoms. The van der Waals surface area contributed by atoms with Crippen LogP contribution in [0, 0.1) is 13.8 Å². The minimum Gasteiger partial charge on any atom is -0.481 e. The van der Waals surface area contributed by atoms with Crippen LogP contribution in [0.2, 0.25) is 5.02 Å². The molecule has 2 unspecified atom stereocenters. The molecule has 4 heteroatoms. The van der Waals surface area contributed by atoms with E-state index in [9.17, 15) is 4.79 Å². The van der Waals surface area contributed by atoms with E-state index in [1.165, 1.54) is 36.0 Å². The Bertz CT molecular complexity index is 839. The van der Waals surface area contributed by atoms with Crippen molar-refractivity contribution >= 4 is 17.5 Å². The van der Waals surface area contributed by atoms with E-state index in [2.05, 4.69) is 30.4 Å². The Morgan fingerprint density at radius 2 is 1.75 bits per heavy atom. The van der Waals surface area contributed by atoms with Crippen LogP contribution in [0.1, 0.15) is 67.0 Å². The molecule has 1 aliphatic carbocycles. The molecule has 3 nitrogen and oxygen atoms in total. The fourth-order valence-electron chi connectivity index (χ4n) is 3.91. The second kappa shape index (κ2) is 9.00. The van der Waals surface area contributed by atoms with E-state index >= 15 is 0 Å². The molecule has 0 spiro atoms.